The van der Waals surface area contributed by atoms with Crippen molar-refractivity contribution in [2.24, 2.45) is 0 Å². The van der Waals surface area contributed by atoms with Gasteiger partial charge >= 0.3 is 5.20 Å². The molecule has 4 rings (SSSR count). The van der Waals surface area contributed by atoms with Gasteiger partial charge < -0.3 is 23.9 Å². The number of hydrogen-bond acceptors (Lipinski definition) is 9. The van der Waals surface area contributed by atoms with Gasteiger partial charge in [0.25, 0.3) is 5.56 Å². The van der Waals surface area contributed by atoms with Crippen LogP contribution >= 0.6 is 73.7 Å². The number of aromatic nitrogens is 4. The molecule has 0 radical (unpaired) electrons. The molecule has 0 atom stereocenters. The van der Waals surface area contributed by atoms with Gasteiger partial charge in [0.1, 0.15) is 11.5 Å². The van der Waals surface area contributed by atoms with Crippen LogP contribution in [-0.4, -0.2) is 59.1 Å². The molecule has 0 unspecified atom stereocenters. The van der Waals surface area contributed by atoms with Crippen LogP contribution in [0.3, 0.4) is 0 Å². The fourth-order valence-corrected chi connectivity index (χ4v) is 3.54. The zero-order valence-corrected chi connectivity index (χ0v) is 27.1. The van der Waals surface area contributed by atoms with Gasteiger partial charge in [0.05, 0.1) is 50.2 Å². The van der Waals surface area contributed by atoms with Gasteiger partial charge in [-0.1, -0.05) is 11.6 Å². The lowest BCUT2D eigenvalue weighted by atomic mass is 10.2. The highest BCUT2D eigenvalue weighted by Gasteiger charge is 2.11. The molecule has 0 saturated carbocycles. The van der Waals surface area contributed by atoms with E-state index in [1.54, 1.807) is 31.4 Å². The van der Waals surface area contributed by atoms with Crippen LogP contribution in [0, 0.1) is 0 Å². The summed E-state index contributed by atoms with van der Waals surface area (Å²) in [4.78, 5) is 26.3. The average Bonchev–Trinajstić information content (AvgIpc) is 2.92. The Bertz CT molecular complexity index is 1520. The minimum absolute atomic E-state index is 0.203. The van der Waals surface area contributed by atoms with Gasteiger partial charge in [0.2, 0.25) is 0 Å². The first-order valence-electron chi connectivity index (χ1n) is 11.6. The third-order valence-corrected chi connectivity index (χ3v) is 5.70. The van der Waals surface area contributed by atoms with E-state index in [2.05, 4.69) is 53.7 Å². The SMILES string of the molecule is COc1cc2c(=O)[nH]cnc2cc1OCCCCl.COc1cc2c(Cl)ncnc2cc1OCCCCl.O=P(Cl)(Cl)Cl. The van der Waals surface area contributed by atoms with Gasteiger partial charge in [-0.05, 0) is 58.7 Å². The Morgan fingerprint density at radius 1 is 0.780 bits per heavy atom. The van der Waals surface area contributed by atoms with Crippen LogP contribution in [-0.2, 0) is 4.57 Å². The summed E-state index contributed by atoms with van der Waals surface area (Å²) in [5.41, 5.74) is 1.09. The Morgan fingerprint density at radius 3 is 1.76 bits per heavy atom. The second kappa shape index (κ2) is 17.9. The molecule has 0 bridgehead atoms. The van der Waals surface area contributed by atoms with Crippen LogP contribution in [0.25, 0.3) is 21.8 Å². The predicted molar refractivity (Wildman–Crippen MR) is 167 cm³/mol. The Kier molecular flexibility index (Phi) is 15.4. The van der Waals surface area contributed by atoms with Crippen LogP contribution in [0.1, 0.15) is 12.8 Å². The monoisotopic (exact) mass is 706 g/mol. The van der Waals surface area contributed by atoms with E-state index in [1.807, 2.05) is 0 Å². The van der Waals surface area contributed by atoms with Crippen molar-refractivity contribution in [3.8, 4) is 23.0 Å². The van der Waals surface area contributed by atoms with Gasteiger partial charge in [-0.3, -0.25) is 9.36 Å². The van der Waals surface area contributed by atoms with Crippen LogP contribution in [0.4, 0.5) is 0 Å². The summed E-state index contributed by atoms with van der Waals surface area (Å²) in [5, 5.41) is -1.62. The standard InChI is InChI=1S/C12H12Cl2N2O2.C12H13ClN2O3.Cl3OP/c1-17-10-5-8-9(15-7-16-12(8)14)6-11(10)18-4-2-3-13;1-17-10-5-8-9(14-7-15-12(8)16)6-11(10)18-4-2-3-13;1-5(2,3)4/h5-7H,2-4H2,1H3;5-7H,2-4H2,1H3,(H,14,15,16);. The van der Waals surface area contributed by atoms with Crippen LogP contribution in [0.2, 0.25) is 5.15 Å². The van der Waals surface area contributed by atoms with Crippen molar-refractivity contribution in [2.45, 2.75) is 12.8 Å². The molecular weight excluding hydrogens is 684 g/mol. The van der Waals surface area contributed by atoms with Crippen molar-refractivity contribution in [1.82, 2.24) is 19.9 Å². The third-order valence-electron chi connectivity index (χ3n) is 4.87. The molecule has 0 aliphatic rings. The number of nitrogens with zero attached hydrogens (tertiary/aromatic N) is 3. The maximum atomic E-state index is 11.6. The van der Waals surface area contributed by atoms with Crippen molar-refractivity contribution < 1.29 is 23.5 Å². The summed E-state index contributed by atoms with van der Waals surface area (Å²) in [7, 11) is 3.10. The molecule has 0 spiro atoms. The summed E-state index contributed by atoms with van der Waals surface area (Å²) in [6.45, 7) is 1.03. The van der Waals surface area contributed by atoms with E-state index in [-0.39, 0.29) is 5.56 Å². The van der Waals surface area contributed by atoms with E-state index in [0.29, 0.717) is 64.0 Å². The zero-order chi connectivity index (χ0) is 30.4. The van der Waals surface area contributed by atoms with Crippen LogP contribution in [0.15, 0.2) is 41.7 Å². The summed E-state index contributed by atoms with van der Waals surface area (Å²) in [6.07, 6.45) is 4.29. The Hall–Kier alpha value is -1.91. The smallest absolute Gasteiger partial charge is 0.339 e. The molecule has 4 aromatic rings. The molecule has 1 N–H and O–H groups in total. The maximum absolute atomic E-state index is 11.6. The molecule has 41 heavy (non-hydrogen) atoms. The molecule has 0 aliphatic heterocycles. The zero-order valence-electron chi connectivity index (χ0n) is 21.7. The number of benzene rings is 2. The number of ether oxygens (including phenoxy) is 4. The maximum Gasteiger partial charge on any atom is 0.339 e. The largest absolute Gasteiger partial charge is 0.493 e. The molecule has 0 amide bonds. The van der Waals surface area contributed by atoms with Gasteiger partial charge in [0.15, 0.2) is 23.0 Å². The molecule has 2 heterocycles. The van der Waals surface area contributed by atoms with E-state index >= 15 is 0 Å². The van der Waals surface area contributed by atoms with E-state index < -0.39 is 5.20 Å². The topological polar surface area (TPSA) is 126 Å². The summed E-state index contributed by atoms with van der Waals surface area (Å²) in [6, 6.07) is 6.87. The van der Waals surface area contributed by atoms with Crippen molar-refractivity contribution in [1.29, 1.82) is 0 Å². The fraction of sp³-hybridized carbons (Fsp3) is 0.333. The first-order valence-corrected chi connectivity index (χ1v) is 17.5. The normalized spacial score (nSPS) is 10.7. The van der Waals surface area contributed by atoms with E-state index in [4.69, 9.17) is 53.8 Å². The Balaban J connectivity index is 0.000000247. The molecule has 224 valence electrons. The average molecular weight is 709 g/mol. The number of alkyl halides is 2. The summed E-state index contributed by atoms with van der Waals surface area (Å²) >= 11 is 31.0. The van der Waals surface area contributed by atoms with Crippen molar-refractivity contribution in [2.75, 3.05) is 39.2 Å². The molecular formula is C24H25Cl6N4O6P. The first kappa shape index (κ1) is 35.3. The van der Waals surface area contributed by atoms with E-state index in [0.717, 1.165) is 23.7 Å². The number of halogens is 6. The third kappa shape index (κ3) is 12.1. The highest BCUT2D eigenvalue weighted by atomic mass is 36.0. The minimum atomic E-state index is -3.22. The fourth-order valence-electron chi connectivity index (χ4n) is 3.13. The lowest BCUT2D eigenvalue weighted by molar-refractivity contribution is 0.295. The number of fused-ring (bicyclic) bond motifs is 2. The van der Waals surface area contributed by atoms with Crippen LogP contribution < -0.4 is 24.5 Å². The molecule has 0 aliphatic carbocycles. The van der Waals surface area contributed by atoms with Crippen LogP contribution in [0.5, 0.6) is 23.0 Å². The number of rotatable bonds is 10. The van der Waals surface area contributed by atoms with Gasteiger partial charge in [-0.15, -0.1) is 23.2 Å². The number of aromatic amines is 1. The quantitative estimate of drug-likeness (QED) is 0.0754. The molecule has 0 fully saturated rings. The second-order valence-electron chi connectivity index (χ2n) is 7.62. The number of hydrogen-bond donors (Lipinski definition) is 1. The van der Waals surface area contributed by atoms with Crippen molar-refractivity contribution in [3.63, 3.8) is 0 Å². The van der Waals surface area contributed by atoms with Gasteiger partial charge in [-0.2, -0.15) is 0 Å². The summed E-state index contributed by atoms with van der Waals surface area (Å²) < 4.78 is 31.1. The second-order valence-corrected chi connectivity index (χ2v) is 15.4. The number of methoxy groups -OCH3 is 2. The Labute approximate surface area is 265 Å². The molecule has 0 saturated heterocycles. The lowest BCUT2D eigenvalue weighted by Gasteiger charge is -2.11. The highest BCUT2D eigenvalue weighted by molar-refractivity contribution is 8.24. The lowest BCUT2D eigenvalue weighted by Crippen LogP contribution is -2.07. The van der Waals surface area contributed by atoms with Crippen molar-refractivity contribution in [3.05, 3.63) is 52.4 Å². The molecule has 10 nitrogen and oxygen atoms in total. The summed E-state index contributed by atoms with van der Waals surface area (Å²) in [5.74, 6) is 3.40. The number of nitrogens with one attached hydrogen (secondary N) is 1. The molecule has 2 aromatic carbocycles. The number of H-pyrrole nitrogens is 1. The van der Waals surface area contributed by atoms with E-state index in [1.165, 1.54) is 19.8 Å². The van der Waals surface area contributed by atoms with Gasteiger partial charge in [0, 0.05) is 29.3 Å². The minimum Gasteiger partial charge on any atom is -0.493 e. The van der Waals surface area contributed by atoms with Crippen molar-refractivity contribution >= 4 is 95.5 Å². The molecule has 17 heteroatoms. The predicted octanol–water partition coefficient (Wildman–Crippen LogP) is 8.05. The first-order chi connectivity index (χ1) is 19.5. The van der Waals surface area contributed by atoms with E-state index in [9.17, 15) is 9.36 Å². The highest BCUT2D eigenvalue weighted by Crippen LogP contribution is 2.61. The molecule has 2 aromatic heterocycles. The Morgan fingerprint density at radius 2 is 1.27 bits per heavy atom. The van der Waals surface area contributed by atoms with Gasteiger partial charge in [-0.25, -0.2) is 15.0 Å².